The number of rotatable bonds is 7. The zero-order chi connectivity index (χ0) is 12.0. The quantitative estimate of drug-likeness (QED) is 0.602. The molecular weight excluding hydrogens is 244 g/mol. The van der Waals surface area contributed by atoms with Crippen molar-refractivity contribution in [2.24, 2.45) is 0 Å². The topological polar surface area (TPSA) is 54.4 Å². The van der Waals surface area contributed by atoms with Crippen LogP contribution < -0.4 is 0 Å². The maximum atomic E-state index is 11.7. The summed E-state index contributed by atoms with van der Waals surface area (Å²) in [6.45, 7) is 2.07. The van der Waals surface area contributed by atoms with Crippen molar-refractivity contribution in [1.82, 2.24) is 0 Å². The van der Waals surface area contributed by atoms with E-state index in [1.54, 1.807) is 11.8 Å². The fraction of sp³-hybridized carbons (Fsp3) is 0.455. The predicted octanol–water partition coefficient (Wildman–Crippen LogP) is 3.30. The average Bonchev–Trinajstić information content (AvgIpc) is 2.66. The zero-order valence-electron chi connectivity index (χ0n) is 9.06. The number of carboxylic acid groups (broad SMARTS) is 1. The van der Waals surface area contributed by atoms with Crippen molar-refractivity contribution < 1.29 is 14.7 Å². The Morgan fingerprint density at radius 3 is 2.75 bits per heavy atom. The van der Waals surface area contributed by atoms with Crippen LogP contribution in [0, 0.1) is 0 Å². The van der Waals surface area contributed by atoms with Crippen molar-refractivity contribution in [3.8, 4) is 0 Å². The molecule has 0 aliphatic carbocycles. The standard InChI is InChI=1S/C11H14O3S2/c1-2-15-11-7-6-9(16-11)8(12)4-3-5-10(13)14/h6-7H,2-5H2,1H3,(H,13,14). The SMILES string of the molecule is CCSc1ccc(C(=O)CCCC(=O)O)s1. The van der Waals surface area contributed by atoms with Crippen molar-refractivity contribution in [2.75, 3.05) is 5.75 Å². The number of carbonyl (C=O) groups excluding carboxylic acids is 1. The Hall–Kier alpha value is -0.810. The Bertz CT molecular complexity index is 371. The number of carbonyl (C=O) groups is 2. The summed E-state index contributed by atoms with van der Waals surface area (Å²) in [6, 6.07) is 3.77. The van der Waals surface area contributed by atoms with Gasteiger partial charge in [-0.05, 0) is 24.3 Å². The van der Waals surface area contributed by atoms with Crippen LogP contribution in [-0.4, -0.2) is 22.6 Å². The second-order valence-corrected chi connectivity index (χ2v) is 5.87. The molecule has 1 heterocycles. The highest BCUT2D eigenvalue weighted by Crippen LogP contribution is 2.27. The Morgan fingerprint density at radius 1 is 1.38 bits per heavy atom. The van der Waals surface area contributed by atoms with E-state index >= 15 is 0 Å². The fourth-order valence-corrected chi connectivity index (χ4v) is 3.23. The van der Waals surface area contributed by atoms with E-state index in [-0.39, 0.29) is 12.2 Å². The van der Waals surface area contributed by atoms with E-state index in [2.05, 4.69) is 6.92 Å². The van der Waals surface area contributed by atoms with Crippen LogP contribution in [0.25, 0.3) is 0 Å². The van der Waals surface area contributed by atoms with E-state index in [9.17, 15) is 9.59 Å². The maximum Gasteiger partial charge on any atom is 0.303 e. The molecule has 0 unspecified atom stereocenters. The first-order chi connectivity index (χ1) is 7.63. The van der Waals surface area contributed by atoms with E-state index in [1.165, 1.54) is 11.3 Å². The monoisotopic (exact) mass is 258 g/mol. The van der Waals surface area contributed by atoms with Gasteiger partial charge >= 0.3 is 5.97 Å². The molecule has 0 saturated heterocycles. The Morgan fingerprint density at radius 2 is 2.12 bits per heavy atom. The lowest BCUT2D eigenvalue weighted by Gasteiger charge is -1.95. The Kier molecular flexibility index (Phi) is 5.55. The molecule has 88 valence electrons. The van der Waals surface area contributed by atoms with Gasteiger partial charge in [-0.2, -0.15) is 0 Å². The molecule has 16 heavy (non-hydrogen) atoms. The van der Waals surface area contributed by atoms with Gasteiger partial charge in [0, 0.05) is 12.8 Å². The highest BCUT2D eigenvalue weighted by Gasteiger charge is 2.10. The Labute approximate surface area is 103 Å². The molecule has 0 aliphatic heterocycles. The molecule has 0 fully saturated rings. The van der Waals surface area contributed by atoms with E-state index in [4.69, 9.17) is 5.11 Å². The summed E-state index contributed by atoms with van der Waals surface area (Å²) < 4.78 is 1.14. The van der Waals surface area contributed by atoms with Crippen LogP contribution in [0.15, 0.2) is 16.3 Å². The van der Waals surface area contributed by atoms with Crippen LogP contribution >= 0.6 is 23.1 Å². The van der Waals surface area contributed by atoms with Gasteiger partial charge in [-0.3, -0.25) is 9.59 Å². The minimum absolute atomic E-state index is 0.0502. The number of carboxylic acids is 1. The molecule has 1 aromatic rings. The number of hydrogen-bond acceptors (Lipinski definition) is 4. The first-order valence-electron chi connectivity index (χ1n) is 5.11. The normalized spacial score (nSPS) is 10.3. The molecule has 1 rings (SSSR count). The van der Waals surface area contributed by atoms with Crippen LogP contribution in [0.3, 0.4) is 0 Å². The first-order valence-corrected chi connectivity index (χ1v) is 6.91. The molecule has 1 aromatic heterocycles. The number of ketones is 1. The molecule has 0 amide bonds. The molecular formula is C11H14O3S2. The largest absolute Gasteiger partial charge is 0.481 e. The van der Waals surface area contributed by atoms with Gasteiger partial charge in [0.25, 0.3) is 0 Å². The number of thiophene rings is 1. The van der Waals surface area contributed by atoms with Gasteiger partial charge in [0.05, 0.1) is 9.09 Å². The summed E-state index contributed by atoms with van der Waals surface area (Å²) in [5, 5.41) is 8.46. The second-order valence-electron chi connectivity index (χ2n) is 3.22. The van der Waals surface area contributed by atoms with E-state index in [1.807, 2.05) is 12.1 Å². The minimum Gasteiger partial charge on any atom is -0.481 e. The highest BCUT2D eigenvalue weighted by atomic mass is 32.2. The summed E-state index contributed by atoms with van der Waals surface area (Å²) >= 11 is 3.20. The second kappa shape index (κ2) is 6.70. The van der Waals surface area contributed by atoms with Gasteiger partial charge < -0.3 is 5.11 Å². The van der Waals surface area contributed by atoms with Crippen LogP contribution in [0.1, 0.15) is 35.9 Å². The van der Waals surface area contributed by atoms with Crippen molar-refractivity contribution in [1.29, 1.82) is 0 Å². The molecule has 1 N–H and O–H groups in total. The maximum absolute atomic E-state index is 11.7. The van der Waals surface area contributed by atoms with Crippen molar-refractivity contribution in [3.63, 3.8) is 0 Å². The fourth-order valence-electron chi connectivity index (χ4n) is 1.21. The molecule has 0 aromatic carbocycles. The molecule has 3 nitrogen and oxygen atoms in total. The van der Waals surface area contributed by atoms with E-state index in [0.717, 1.165) is 14.8 Å². The smallest absolute Gasteiger partial charge is 0.303 e. The lowest BCUT2D eigenvalue weighted by atomic mass is 10.1. The lowest BCUT2D eigenvalue weighted by molar-refractivity contribution is -0.137. The summed E-state index contributed by atoms with van der Waals surface area (Å²) in [6.07, 6.45) is 0.805. The average molecular weight is 258 g/mol. The van der Waals surface area contributed by atoms with E-state index in [0.29, 0.717) is 12.8 Å². The molecule has 0 atom stereocenters. The predicted molar refractivity (Wildman–Crippen MR) is 66.5 cm³/mol. The van der Waals surface area contributed by atoms with Gasteiger partial charge in [-0.15, -0.1) is 23.1 Å². The molecule has 0 radical (unpaired) electrons. The van der Waals surface area contributed by atoms with Crippen molar-refractivity contribution in [2.45, 2.75) is 30.4 Å². The molecule has 0 saturated carbocycles. The van der Waals surface area contributed by atoms with Crippen molar-refractivity contribution >= 4 is 34.9 Å². The lowest BCUT2D eigenvalue weighted by Crippen LogP contribution is -1.99. The number of thioether (sulfide) groups is 1. The summed E-state index contributed by atoms with van der Waals surface area (Å²) in [7, 11) is 0. The molecule has 0 bridgehead atoms. The van der Waals surface area contributed by atoms with Crippen molar-refractivity contribution in [3.05, 3.63) is 17.0 Å². The van der Waals surface area contributed by atoms with Crippen LogP contribution in [0.2, 0.25) is 0 Å². The van der Waals surface area contributed by atoms with E-state index < -0.39 is 5.97 Å². The number of Topliss-reactive ketones (excluding diaryl/α,β-unsaturated/α-hetero) is 1. The van der Waals surface area contributed by atoms with Gasteiger partial charge in [-0.1, -0.05) is 6.92 Å². The van der Waals surface area contributed by atoms with Gasteiger partial charge in [-0.25, -0.2) is 0 Å². The zero-order valence-corrected chi connectivity index (χ0v) is 10.7. The first kappa shape index (κ1) is 13.3. The minimum atomic E-state index is -0.846. The third-order valence-corrected chi connectivity index (χ3v) is 4.17. The van der Waals surface area contributed by atoms with Crippen LogP contribution in [0.5, 0.6) is 0 Å². The Balaban J connectivity index is 2.43. The third-order valence-electron chi connectivity index (χ3n) is 1.94. The summed E-state index contributed by atoms with van der Waals surface area (Å²) in [4.78, 5) is 22.7. The van der Waals surface area contributed by atoms with Gasteiger partial charge in [0.2, 0.25) is 0 Å². The molecule has 0 aliphatic rings. The third kappa shape index (κ3) is 4.37. The number of hydrogen-bond donors (Lipinski definition) is 1. The van der Waals surface area contributed by atoms with Crippen LogP contribution in [-0.2, 0) is 4.79 Å². The highest BCUT2D eigenvalue weighted by molar-refractivity contribution is 8.01. The van der Waals surface area contributed by atoms with Crippen LogP contribution in [0.4, 0.5) is 0 Å². The number of aliphatic carboxylic acids is 1. The molecule has 0 spiro atoms. The summed E-state index contributed by atoms with van der Waals surface area (Å²) in [5.74, 6) is 0.197. The van der Waals surface area contributed by atoms with Gasteiger partial charge in [0.15, 0.2) is 5.78 Å². The van der Waals surface area contributed by atoms with Gasteiger partial charge in [0.1, 0.15) is 0 Å². The summed E-state index contributed by atoms with van der Waals surface area (Å²) in [5.41, 5.74) is 0. The molecule has 5 heteroatoms.